The molecular weight excluding hydrogens is 578 g/mol. The molecule has 12 nitrogen and oxygen atoms in total. The van der Waals surface area contributed by atoms with Gasteiger partial charge in [-0.05, 0) is 108 Å². The first kappa shape index (κ1) is 30.8. The zero-order valence-electron chi connectivity index (χ0n) is 26.9. The smallest absolute Gasteiger partial charge is 0.428 e. The summed E-state index contributed by atoms with van der Waals surface area (Å²) in [5.74, 6) is 0.792. The van der Waals surface area contributed by atoms with Crippen LogP contribution in [0.4, 0.5) is 9.59 Å². The van der Waals surface area contributed by atoms with Crippen molar-refractivity contribution in [3.8, 4) is 11.5 Å². The minimum Gasteiger partial charge on any atom is -0.428 e. The van der Waals surface area contributed by atoms with E-state index >= 15 is 0 Å². The lowest BCUT2D eigenvalue weighted by atomic mass is 9.55. The Hall–Kier alpha value is -4.22. The standard InChI is InChI=1S/C33H41N5O7/c1-31(2,3)44-29(40)42-23-13-18-17-10-11-33(7)21(8-9-25(33)39)19(17)12-22(38-16-37-27(34)26-28(38)36-15-35-26)20(18)14-24(23)43-30(41)45-32(4,5)6/h13-17,19,21-22,34H,8-12H2,1-7H3,(H,35,36)/t17-,19-,21+,22?,33+/m1/s1. The Morgan fingerprint density at radius 3 is 2.22 bits per heavy atom. The molecule has 45 heavy (non-hydrogen) atoms. The highest BCUT2D eigenvalue weighted by atomic mass is 16.8. The number of Topliss-reactive ketones (excluding diaryl/α,β-unsaturated/α-hetero) is 1. The molecular formula is C33H41N5O7. The molecule has 0 saturated heterocycles. The number of hydrogen-bond acceptors (Lipinski definition) is 10. The molecule has 5 atom stereocenters. The molecule has 3 aromatic rings. The van der Waals surface area contributed by atoms with Gasteiger partial charge in [-0.3, -0.25) is 10.2 Å². The van der Waals surface area contributed by atoms with E-state index in [0.717, 1.165) is 30.4 Å². The number of H-pyrrole nitrogens is 1. The molecule has 0 spiro atoms. The van der Waals surface area contributed by atoms with E-state index in [1.165, 1.54) is 6.33 Å². The van der Waals surface area contributed by atoms with Gasteiger partial charge in [-0.25, -0.2) is 19.6 Å². The molecule has 2 heterocycles. The second kappa shape index (κ2) is 10.7. The third kappa shape index (κ3) is 5.70. The third-order valence-electron chi connectivity index (χ3n) is 9.46. The normalized spacial score (nSPS) is 26.1. The number of benzene rings is 1. The fourth-order valence-electron chi connectivity index (χ4n) is 7.63. The van der Waals surface area contributed by atoms with E-state index < -0.39 is 23.5 Å². The molecule has 2 N–H and O–H groups in total. The Morgan fingerprint density at radius 1 is 0.978 bits per heavy atom. The summed E-state index contributed by atoms with van der Waals surface area (Å²) in [6.07, 6.45) is 4.92. The van der Waals surface area contributed by atoms with E-state index in [0.29, 0.717) is 29.8 Å². The summed E-state index contributed by atoms with van der Waals surface area (Å²) >= 11 is 0. The number of ether oxygens (including phenoxy) is 4. The predicted molar refractivity (Wildman–Crippen MR) is 162 cm³/mol. The summed E-state index contributed by atoms with van der Waals surface area (Å²) in [6, 6.07) is 3.18. The van der Waals surface area contributed by atoms with Gasteiger partial charge in [0.25, 0.3) is 0 Å². The molecule has 3 aliphatic rings. The molecule has 1 aromatic carbocycles. The van der Waals surface area contributed by atoms with Crippen molar-refractivity contribution in [2.24, 2.45) is 17.3 Å². The summed E-state index contributed by atoms with van der Waals surface area (Å²) in [6.45, 7) is 12.5. The van der Waals surface area contributed by atoms with Crippen LogP contribution in [0.2, 0.25) is 0 Å². The predicted octanol–water partition coefficient (Wildman–Crippen LogP) is 6.34. The number of fused-ring (bicyclic) bond motifs is 6. The zero-order valence-corrected chi connectivity index (χ0v) is 26.9. The lowest BCUT2D eigenvalue weighted by Gasteiger charge is -2.50. The molecule has 0 aliphatic heterocycles. The Kier molecular flexibility index (Phi) is 7.32. The van der Waals surface area contributed by atoms with Crippen LogP contribution in [0.3, 0.4) is 0 Å². The van der Waals surface area contributed by atoms with E-state index in [1.54, 1.807) is 60.0 Å². The monoisotopic (exact) mass is 619 g/mol. The molecule has 240 valence electrons. The fourth-order valence-corrected chi connectivity index (χ4v) is 7.63. The topological polar surface area (TPSA) is 158 Å². The molecule has 3 aliphatic carbocycles. The number of carbonyl (C=O) groups is 3. The van der Waals surface area contributed by atoms with Crippen molar-refractivity contribution in [3.63, 3.8) is 0 Å². The number of ketones is 1. The summed E-state index contributed by atoms with van der Waals surface area (Å²) < 4.78 is 24.3. The second-order valence-corrected chi connectivity index (χ2v) is 14.7. The molecule has 0 amide bonds. The van der Waals surface area contributed by atoms with E-state index in [4.69, 9.17) is 24.4 Å². The van der Waals surface area contributed by atoms with Crippen molar-refractivity contribution in [1.29, 1.82) is 5.41 Å². The SMILES string of the molecule is CC(C)(C)OC(=O)Oc1cc2c(cc1OC(=O)OC(C)(C)C)[C@H]1CC[C@]3(C)C(=O)CC[C@H]3[C@@H]1CC2n1cnc(=N)c2[nH]cnc21. The van der Waals surface area contributed by atoms with Crippen LogP contribution in [0.1, 0.15) is 104 Å². The number of imidazole rings is 1. The molecule has 2 saturated carbocycles. The lowest BCUT2D eigenvalue weighted by Crippen LogP contribution is -2.44. The van der Waals surface area contributed by atoms with Crippen LogP contribution in [0.5, 0.6) is 11.5 Å². The van der Waals surface area contributed by atoms with Gasteiger partial charge in [-0.15, -0.1) is 0 Å². The van der Waals surface area contributed by atoms with E-state index in [9.17, 15) is 14.4 Å². The molecule has 6 rings (SSSR count). The van der Waals surface area contributed by atoms with Gasteiger partial charge in [-0.1, -0.05) is 6.92 Å². The fraction of sp³-hybridized carbons (Fsp3) is 0.576. The maximum Gasteiger partial charge on any atom is 0.514 e. The van der Waals surface area contributed by atoms with Gasteiger partial charge < -0.3 is 28.5 Å². The number of nitrogens with zero attached hydrogens (tertiary/aromatic N) is 3. The summed E-state index contributed by atoms with van der Waals surface area (Å²) in [5.41, 5.74) is 0.940. The van der Waals surface area contributed by atoms with Gasteiger partial charge in [0.1, 0.15) is 22.5 Å². The highest BCUT2D eigenvalue weighted by Gasteiger charge is 2.56. The number of aromatic amines is 1. The van der Waals surface area contributed by atoms with E-state index in [-0.39, 0.29) is 46.2 Å². The maximum atomic E-state index is 13.1. The minimum absolute atomic E-state index is 0.0120. The van der Waals surface area contributed by atoms with Crippen molar-refractivity contribution in [2.75, 3.05) is 0 Å². The summed E-state index contributed by atoms with van der Waals surface area (Å²) in [5, 5.41) is 8.30. The average molecular weight is 620 g/mol. The molecule has 0 radical (unpaired) electrons. The van der Waals surface area contributed by atoms with Crippen molar-refractivity contribution in [1.82, 2.24) is 19.5 Å². The van der Waals surface area contributed by atoms with Crippen molar-refractivity contribution in [2.45, 2.75) is 104 Å². The second-order valence-electron chi connectivity index (χ2n) is 14.7. The zero-order chi connectivity index (χ0) is 32.5. The van der Waals surface area contributed by atoms with Crippen LogP contribution in [0, 0.1) is 22.7 Å². The van der Waals surface area contributed by atoms with Gasteiger partial charge in [0, 0.05) is 11.8 Å². The average Bonchev–Trinajstić information content (AvgIpc) is 3.52. The summed E-state index contributed by atoms with van der Waals surface area (Å²) in [4.78, 5) is 50.8. The Morgan fingerprint density at radius 2 is 1.60 bits per heavy atom. The number of rotatable bonds is 3. The van der Waals surface area contributed by atoms with E-state index in [2.05, 4.69) is 21.9 Å². The molecule has 2 fully saturated rings. The molecule has 0 bridgehead atoms. The number of hydrogen-bond donors (Lipinski definition) is 2. The van der Waals surface area contributed by atoms with Crippen LogP contribution in [-0.2, 0) is 14.3 Å². The highest BCUT2D eigenvalue weighted by Crippen LogP contribution is 2.62. The van der Waals surface area contributed by atoms with Gasteiger partial charge in [-0.2, -0.15) is 0 Å². The van der Waals surface area contributed by atoms with Gasteiger partial charge in [0.15, 0.2) is 22.6 Å². The first-order valence-corrected chi connectivity index (χ1v) is 15.5. The molecule has 1 unspecified atom stereocenters. The quantitative estimate of drug-likeness (QED) is 0.252. The van der Waals surface area contributed by atoms with Gasteiger partial charge >= 0.3 is 12.3 Å². The molecule has 12 heteroatoms. The first-order valence-electron chi connectivity index (χ1n) is 15.5. The van der Waals surface area contributed by atoms with Crippen LogP contribution < -0.4 is 15.0 Å². The van der Waals surface area contributed by atoms with Gasteiger partial charge in [0.05, 0.1) is 18.7 Å². The van der Waals surface area contributed by atoms with Crippen LogP contribution in [0.25, 0.3) is 11.2 Å². The first-order chi connectivity index (χ1) is 21.0. The number of nitrogens with one attached hydrogen (secondary N) is 2. The van der Waals surface area contributed by atoms with Crippen LogP contribution >= 0.6 is 0 Å². The molecule has 2 aromatic heterocycles. The number of aromatic nitrogens is 4. The Bertz CT molecular complexity index is 1750. The minimum atomic E-state index is -0.942. The van der Waals surface area contributed by atoms with Crippen molar-refractivity contribution in [3.05, 3.63) is 41.4 Å². The largest absolute Gasteiger partial charge is 0.514 e. The van der Waals surface area contributed by atoms with E-state index in [1.807, 2.05) is 4.57 Å². The Labute approximate surface area is 261 Å². The highest BCUT2D eigenvalue weighted by molar-refractivity contribution is 5.87. The van der Waals surface area contributed by atoms with Gasteiger partial charge in [0.2, 0.25) is 0 Å². The van der Waals surface area contributed by atoms with Crippen molar-refractivity contribution < 1.29 is 33.3 Å². The van der Waals surface area contributed by atoms with Crippen LogP contribution in [0.15, 0.2) is 24.8 Å². The Balaban J connectivity index is 1.52. The number of carbonyl (C=O) groups excluding carboxylic acids is 3. The third-order valence-corrected chi connectivity index (χ3v) is 9.46. The maximum absolute atomic E-state index is 13.1. The lowest BCUT2D eigenvalue weighted by molar-refractivity contribution is -0.129. The van der Waals surface area contributed by atoms with Crippen molar-refractivity contribution >= 4 is 29.3 Å². The summed E-state index contributed by atoms with van der Waals surface area (Å²) in [7, 11) is 0. The van der Waals surface area contributed by atoms with Crippen LogP contribution in [-0.4, -0.2) is 48.8 Å².